The Morgan fingerprint density at radius 1 is 0.875 bits per heavy atom. The number of ether oxygens (including phenoxy) is 1. The van der Waals surface area contributed by atoms with Gasteiger partial charge >= 0.3 is 6.25 Å². The number of halogens is 3. The number of aryl methyl sites for hydroxylation is 1. The first-order valence-corrected chi connectivity index (χ1v) is 16.1. The average molecular weight is 514 g/mol. The van der Waals surface area contributed by atoms with Gasteiger partial charge in [-0.2, -0.15) is 0 Å². The number of carbonyl (C=O) groups excluding carboxylic acids is 1. The van der Waals surface area contributed by atoms with Gasteiger partial charge in [-0.25, -0.2) is 0 Å². The summed E-state index contributed by atoms with van der Waals surface area (Å²) < 4.78 is 10.9. The van der Waals surface area contributed by atoms with Crippen LogP contribution in [0.25, 0.3) is 6.08 Å². The number of hydrogen-bond donors (Lipinski definition) is 0. The lowest BCUT2D eigenvalue weighted by molar-refractivity contribution is 0.104. The Labute approximate surface area is 206 Å². The maximum absolute atomic E-state index is 12.4. The van der Waals surface area contributed by atoms with Crippen LogP contribution in [0.15, 0.2) is 54.6 Å². The molecule has 0 bridgehead atoms. The predicted molar refractivity (Wildman–Crippen MR) is 138 cm³/mol. The molecule has 0 aliphatic carbocycles. The molecule has 0 amide bonds. The molecule has 0 aliphatic heterocycles. The molecule has 32 heavy (non-hydrogen) atoms. The molecule has 0 saturated heterocycles. The molecule has 0 atom stereocenters. The van der Waals surface area contributed by atoms with E-state index in [0.717, 1.165) is 43.4 Å². The lowest BCUT2D eigenvalue weighted by Gasteiger charge is -2.09. The van der Waals surface area contributed by atoms with E-state index in [1.165, 1.54) is 18.4 Å². The number of unbranched alkanes of at least 4 members (excludes halogenated alkanes) is 4. The highest BCUT2D eigenvalue weighted by molar-refractivity contribution is 7.62. The summed E-state index contributed by atoms with van der Waals surface area (Å²) >= 11 is 17.0. The smallest absolute Gasteiger partial charge is 0.493 e. The van der Waals surface area contributed by atoms with Gasteiger partial charge < -0.3 is 9.16 Å². The van der Waals surface area contributed by atoms with Gasteiger partial charge in [-0.3, -0.25) is 4.79 Å². The van der Waals surface area contributed by atoms with Gasteiger partial charge in [0.25, 0.3) is 0 Å². The van der Waals surface area contributed by atoms with Gasteiger partial charge in [-0.15, -0.1) is 0 Å². The van der Waals surface area contributed by atoms with Crippen molar-refractivity contribution in [1.82, 2.24) is 0 Å². The second-order valence-electron chi connectivity index (χ2n) is 7.62. The van der Waals surface area contributed by atoms with E-state index in [1.807, 2.05) is 18.2 Å². The molecule has 2 rings (SSSR count). The quantitative estimate of drug-likeness (QED) is 0.0794. The van der Waals surface area contributed by atoms with Crippen molar-refractivity contribution in [2.75, 3.05) is 13.2 Å². The minimum Gasteiger partial charge on any atom is -0.494 e. The summed E-state index contributed by atoms with van der Waals surface area (Å²) in [4.78, 5) is 12.4. The van der Waals surface area contributed by atoms with Crippen molar-refractivity contribution in [3.05, 3.63) is 71.3 Å². The molecule has 0 fully saturated rings. The molecule has 0 N–H and O–H groups in total. The summed E-state index contributed by atoms with van der Waals surface area (Å²) in [5.41, 5.74) is 3.01. The van der Waals surface area contributed by atoms with Gasteiger partial charge in [-0.05, 0) is 73.6 Å². The maximum Gasteiger partial charge on any atom is 0.493 e. The lowest BCUT2D eigenvalue weighted by Crippen LogP contribution is -2.16. The SMILES string of the molecule is CCCCc1ccc(C=CC(=O)c2ccc(OCCCCCCO[Si](Cl)(Cl)Cl)cc2)cc1. The van der Waals surface area contributed by atoms with Crippen LogP contribution in [0, 0.1) is 0 Å². The number of rotatable bonds is 15. The standard InChI is InChI=1S/C25H31Cl3O3Si/c1-2-3-8-21-9-11-22(12-10-21)13-18-25(29)23-14-16-24(17-15-23)30-19-6-4-5-7-20-31-32(26,27)28/h9-18H,2-8,19-20H2,1H3. The molecular formula is C25H31Cl3O3Si. The number of allylic oxidation sites excluding steroid dienone is 1. The van der Waals surface area contributed by atoms with E-state index in [1.54, 1.807) is 18.2 Å². The molecule has 0 aromatic heterocycles. The molecule has 0 spiro atoms. The van der Waals surface area contributed by atoms with Crippen LogP contribution in [0.5, 0.6) is 5.75 Å². The zero-order valence-electron chi connectivity index (χ0n) is 18.5. The van der Waals surface area contributed by atoms with E-state index in [-0.39, 0.29) is 5.78 Å². The van der Waals surface area contributed by atoms with Crippen molar-refractivity contribution >= 4 is 51.3 Å². The monoisotopic (exact) mass is 512 g/mol. The fourth-order valence-corrected chi connectivity index (χ4v) is 4.17. The Morgan fingerprint density at radius 3 is 2.16 bits per heavy atom. The van der Waals surface area contributed by atoms with Crippen molar-refractivity contribution < 1.29 is 14.0 Å². The summed E-state index contributed by atoms with van der Waals surface area (Å²) in [6.07, 6.45) is 7.83. The molecule has 0 radical (unpaired) electrons. The Morgan fingerprint density at radius 2 is 1.53 bits per heavy atom. The largest absolute Gasteiger partial charge is 0.494 e. The Hall–Kier alpha value is -1.30. The van der Waals surface area contributed by atoms with Crippen LogP contribution in [0.1, 0.15) is 66.9 Å². The average Bonchev–Trinajstić information content (AvgIpc) is 2.78. The van der Waals surface area contributed by atoms with E-state index in [4.69, 9.17) is 42.4 Å². The molecule has 2 aromatic carbocycles. The van der Waals surface area contributed by atoms with Gasteiger partial charge in [0.05, 0.1) is 6.61 Å². The second-order valence-corrected chi connectivity index (χ2v) is 15.3. The molecule has 0 unspecified atom stereocenters. The normalized spacial score (nSPS) is 11.8. The number of benzene rings is 2. The van der Waals surface area contributed by atoms with Crippen molar-refractivity contribution in [3.8, 4) is 5.75 Å². The highest BCUT2D eigenvalue weighted by Gasteiger charge is 2.26. The van der Waals surface area contributed by atoms with Gasteiger partial charge in [-0.1, -0.05) is 83.3 Å². The maximum atomic E-state index is 12.4. The summed E-state index contributed by atoms with van der Waals surface area (Å²) in [6.45, 7) is 3.30. The second kappa shape index (κ2) is 14.8. The third-order valence-electron chi connectivity index (χ3n) is 4.94. The molecule has 3 nitrogen and oxygen atoms in total. The molecular weight excluding hydrogens is 483 g/mol. The van der Waals surface area contributed by atoms with E-state index >= 15 is 0 Å². The minimum absolute atomic E-state index is 0.0215. The van der Waals surface area contributed by atoms with Gasteiger partial charge in [0.15, 0.2) is 5.78 Å². The third kappa shape index (κ3) is 11.5. The van der Waals surface area contributed by atoms with Crippen LogP contribution in [-0.2, 0) is 10.8 Å². The predicted octanol–water partition coefficient (Wildman–Crippen LogP) is 8.03. The summed E-state index contributed by atoms with van der Waals surface area (Å²) in [5, 5.41) is 0. The van der Waals surface area contributed by atoms with Gasteiger partial charge in [0.1, 0.15) is 5.75 Å². The zero-order chi connectivity index (χ0) is 23.2. The first-order chi connectivity index (χ1) is 15.4. The molecule has 2 aromatic rings. The van der Waals surface area contributed by atoms with Crippen molar-refractivity contribution in [1.29, 1.82) is 0 Å². The van der Waals surface area contributed by atoms with Crippen LogP contribution in [0.4, 0.5) is 0 Å². The Balaban J connectivity index is 1.68. The van der Waals surface area contributed by atoms with Gasteiger partial charge in [0, 0.05) is 12.2 Å². The number of carbonyl (C=O) groups is 1. The van der Waals surface area contributed by atoms with Crippen molar-refractivity contribution in [2.24, 2.45) is 0 Å². The van der Waals surface area contributed by atoms with Crippen molar-refractivity contribution in [3.63, 3.8) is 0 Å². The van der Waals surface area contributed by atoms with Crippen molar-refractivity contribution in [2.45, 2.75) is 51.9 Å². The van der Waals surface area contributed by atoms with E-state index < -0.39 is 6.25 Å². The first-order valence-electron chi connectivity index (χ1n) is 11.1. The molecule has 0 aliphatic rings. The zero-order valence-corrected chi connectivity index (χ0v) is 21.8. The van der Waals surface area contributed by atoms with Crippen LogP contribution in [-0.4, -0.2) is 25.2 Å². The third-order valence-corrected chi connectivity index (χ3v) is 6.45. The summed E-state index contributed by atoms with van der Waals surface area (Å²) in [5.74, 6) is 0.741. The minimum atomic E-state index is -2.96. The van der Waals surface area contributed by atoms with E-state index in [0.29, 0.717) is 18.8 Å². The summed E-state index contributed by atoms with van der Waals surface area (Å²) in [7, 11) is 0. The van der Waals surface area contributed by atoms with Crippen LogP contribution < -0.4 is 4.74 Å². The lowest BCUT2D eigenvalue weighted by atomic mass is 10.1. The molecule has 0 saturated carbocycles. The van der Waals surface area contributed by atoms with Gasteiger partial charge in [0.2, 0.25) is 0 Å². The Kier molecular flexibility index (Phi) is 12.4. The van der Waals surface area contributed by atoms with E-state index in [2.05, 4.69) is 31.2 Å². The van der Waals surface area contributed by atoms with Crippen LogP contribution in [0.3, 0.4) is 0 Å². The van der Waals surface area contributed by atoms with E-state index in [9.17, 15) is 4.79 Å². The topological polar surface area (TPSA) is 35.5 Å². The van der Waals surface area contributed by atoms with Crippen LogP contribution in [0.2, 0.25) is 0 Å². The first kappa shape index (κ1) is 26.9. The number of ketones is 1. The fraction of sp³-hybridized carbons (Fsp3) is 0.400. The van der Waals surface area contributed by atoms with Crippen LogP contribution >= 0.6 is 33.2 Å². The fourth-order valence-electron chi connectivity index (χ4n) is 3.10. The summed E-state index contributed by atoms with van der Waals surface area (Å²) in [6, 6.07) is 15.6. The highest BCUT2D eigenvalue weighted by Crippen LogP contribution is 2.21. The Bertz CT molecular complexity index is 831. The highest BCUT2D eigenvalue weighted by atomic mass is 35.8. The molecule has 0 heterocycles. The molecule has 174 valence electrons. The number of hydrogen-bond acceptors (Lipinski definition) is 3. The molecule has 7 heteroatoms.